The maximum absolute atomic E-state index is 13.6. The van der Waals surface area contributed by atoms with E-state index >= 15 is 0 Å². The van der Waals surface area contributed by atoms with Crippen molar-refractivity contribution in [2.75, 3.05) is 0 Å². The summed E-state index contributed by atoms with van der Waals surface area (Å²) < 4.78 is 28.9. The molecule has 0 fully saturated rings. The molecular formula is C12H17BrFNOS. The lowest BCUT2D eigenvalue weighted by molar-refractivity contribution is 0.522. The molecule has 2 atom stereocenters. The molecule has 0 spiro atoms. The molecule has 0 aromatic heterocycles. The predicted octanol–water partition coefficient (Wildman–Crippen LogP) is 3.70. The standard InChI is InChI=1S/C12H17BrFNOS/c1-8(15-17(16)12(2,3)4)10-7-9(13)5-6-11(10)14/h5-8,15H,1-4H3/t8?,17-/m1/s1. The van der Waals surface area contributed by atoms with Crippen LogP contribution in [0.25, 0.3) is 0 Å². The summed E-state index contributed by atoms with van der Waals surface area (Å²) in [6.07, 6.45) is 0. The van der Waals surface area contributed by atoms with Gasteiger partial charge >= 0.3 is 0 Å². The zero-order valence-electron chi connectivity index (χ0n) is 10.4. The molecule has 0 bridgehead atoms. The van der Waals surface area contributed by atoms with Gasteiger partial charge in [0.05, 0.1) is 6.04 Å². The molecule has 1 N–H and O–H groups in total. The molecule has 17 heavy (non-hydrogen) atoms. The van der Waals surface area contributed by atoms with E-state index in [0.717, 1.165) is 4.47 Å². The van der Waals surface area contributed by atoms with Gasteiger partial charge < -0.3 is 4.55 Å². The molecule has 0 heterocycles. The molecule has 96 valence electrons. The average Bonchev–Trinajstić information content (AvgIpc) is 2.20. The smallest absolute Gasteiger partial charge is 0.136 e. The maximum Gasteiger partial charge on any atom is 0.136 e. The molecule has 1 rings (SSSR count). The first kappa shape index (κ1) is 15.0. The van der Waals surface area contributed by atoms with Gasteiger partial charge in [-0.3, -0.25) is 0 Å². The molecule has 2 nitrogen and oxygen atoms in total. The van der Waals surface area contributed by atoms with Crippen LogP contribution in [0.4, 0.5) is 4.39 Å². The summed E-state index contributed by atoms with van der Waals surface area (Å²) in [6, 6.07) is 4.45. The zero-order valence-corrected chi connectivity index (χ0v) is 12.8. The van der Waals surface area contributed by atoms with Crippen molar-refractivity contribution in [3.8, 4) is 0 Å². The molecule has 0 aliphatic rings. The second-order valence-electron chi connectivity index (χ2n) is 4.89. The average molecular weight is 322 g/mol. The van der Waals surface area contributed by atoms with Gasteiger partial charge in [0.15, 0.2) is 0 Å². The van der Waals surface area contributed by atoms with Crippen LogP contribution in [0.2, 0.25) is 0 Å². The molecular weight excluding hydrogens is 305 g/mol. The maximum atomic E-state index is 13.6. The first-order chi connectivity index (χ1) is 7.71. The van der Waals surface area contributed by atoms with Crippen LogP contribution in [0, 0.1) is 5.82 Å². The highest BCUT2D eigenvalue weighted by Gasteiger charge is 2.29. The lowest BCUT2D eigenvalue weighted by Crippen LogP contribution is -2.40. The Kier molecular flexibility index (Phi) is 5.01. The van der Waals surface area contributed by atoms with Crippen molar-refractivity contribution < 1.29 is 8.94 Å². The van der Waals surface area contributed by atoms with Crippen LogP contribution in [0.1, 0.15) is 39.3 Å². The third-order valence-corrected chi connectivity index (χ3v) is 4.44. The molecule has 0 saturated carbocycles. The summed E-state index contributed by atoms with van der Waals surface area (Å²) in [5.41, 5.74) is 0.511. The van der Waals surface area contributed by atoms with E-state index in [1.165, 1.54) is 6.07 Å². The fourth-order valence-corrected chi connectivity index (χ4v) is 2.43. The largest absolute Gasteiger partial charge is 0.598 e. The van der Waals surface area contributed by atoms with Crippen LogP contribution in [-0.2, 0) is 11.4 Å². The summed E-state index contributed by atoms with van der Waals surface area (Å²) in [4.78, 5) is 0. The second-order valence-corrected chi connectivity index (χ2v) is 7.80. The number of rotatable bonds is 3. The van der Waals surface area contributed by atoms with Crippen molar-refractivity contribution in [3.63, 3.8) is 0 Å². The molecule has 1 unspecified atom stereocenters. The molecule has 0 aliphatic heterocycles. The van der Waals surface area contributed by atoms with Crippen LogP contribution in [0.5, 0.6) is 0 Å². The van der Waals surface area contributed by atoms with Crippen molar-refractivity contribution >= 4 is 27.3 Å². The van der Waals surface area contributed by atoms with E-state index in [2.05, 4.69) is 20.7 Å². The van der Waals surface area contributed by atoms with E-state index in [-0.39, 0.29) is 16.6 Å². The Bertz CT molecular complexity index is 395. The van der Waals surface area contributed by atoms with Gasteiger partial charge in [-0.05, 0) is 45.9 Å². The van der Waals surface area contributed by atoms with Crippen LogP contribution < -0.4 is 4.72 Å². The van der Waals surface area contributed by atoms with E-state index in [9.17, 15) is 8.94 Å². The highest BCUT2D eigenvalue weighted by atomic mass is 79.9. The molecule has 0 radical (unpaired) electrons. The number of hydrogen-bond donors (Lipinski definition) is 1. The Morgan fingerprint density at radius 2 is 2.00 bits per heavy atom. The molecule has 5 heteroatoms. The third-order valence-electron chi connectivity index (χ3n) is 2.26. The minimum Gasteiger partial charge on any atom is -0.598 e. The quantitative estimate of drug-likeness (QED) is 0.861. The zero-order chi connectivity index (χ0) is 13.2. The summed E-state index contributed by atoms with van der Waals surface area (Å²) in [6.45, 7) is 7.43. The molecule has 0 aliphatic carbocycles. The minimum absolute atomic E-state index is 0.292. The Morgan fingerprint density at radius 3 is 2.53 bits per heavy atom. The van der Waals surface area contributed by atoms with Gasteiger partial charge in [0.1, 0.15) is 10.6 Å². The highest BCUT2D eigenvalue weighted by Crippen LogP contribution is 2.24. The van der Waals surface area contributed by atoms with Crippen LogP contribution in [0.3, 0.4) is 0 Å². The first-order valence-electron chi connectivity index (χ1n) is 5.35. The number of nitrogens with one attached hydrogen (secondary N) is 1. The van der Waals surface area contributed by atoms with E-state index in [1.807, 2.05) is 20.8 Å². The van der Waals surface area contributed by atoms with Crippen molar-refractivity contribution in [1.29, 1.82) is 0 Å². The van der Waals surface area contributed by atoms with Gasteiger partial charge in [0.25, 0.3) is 0 Å². The van der Waals surface area contributed by atoms with Crippen LogP contribution >= 0.6 is 15.9 Å². The fraction of sp³-hybridized carbons (Fsp3) is 0.500. The molecule has 0 amide bonds. The summed E-state index contributed by atoms with van der Waals surface area (Å²) >= 11 is 2.09. The van der Waals surface area contributed by atoms with Crippen molar-refractivity contribution in [2.45, 2.75) is 38.5 Å². The predicted molar refractivity (Wildman–Crippen MR) is 73.5 cm³/mol. The summed E-state index contributed by atoms with van der Waals surface area (Å²) in [7, 11) is 0. The van der Waals surface area contributed by atoms with Crippen molar-refractivity contribution in [3.05, 3.63) is 34.1 Å². The van der Waals surface area contributed by atoms with E-state index in [4.69, 9.17) is 0 Å². The van der Waals surface area contributed by atoms with E-state index < -0.39 is 11.4 Å². The second kappa shape index (κ2) is 5.69. The van der Waals surface area contributed by atoms with E-state index in [1.54, 1.807) is 19.1 Å². The minimum atomic E-state index is -1.21. The molecule has 1 aromatic carbocycles. The molecule has 1 aromatic rings. The Hall–Kier alpha value is -0.100. The summed E-state index contributed by atoms with van der Waals surface area (Å²) in [5, 5.41) is 0. The highest BCUT2D eigenvalue weighted by molar-refractivity contribution is 9.10. The normalized spacial score (nSPS) is 15.7. The van der Waals surface area contributed by atoms with Gasteiger partial charge in [-0.1, -0.05) is 15.9 Å². The van der Waals surface area contributed by atoms with Gasteiger partial charge in [-0.15, -0.1) is 4.72 Å². The van der Waals surface area contributed by atoms with Crippen LogP contribution in [-0.4, -0.2) is 9.30 Å². The monoisotopic (exact) mass is 321 g/mol. The summed E-state index contributed by atoms with van der Waals surface area (Å²) in [5.74, 6) is -0.292. The fourth-order valence-electron chi connectivity index (χ4n) is 1.25. The van der Waals surface area contributed by atoms with Gasteiger partial charge in [0.2, 0.25) is 0 Å². The van der Waals surface area contributed by atoms with Gasteiger partial charge in [-0.2, -0.15) is 0 Å². The Balaban J connectivity index is 2.83. The lowest BCUT2D eigenvalue weighted by atomic mass is 10.1. The van der Waals surface area contributed by atoms with Crippen LogP contribution in [0.15, 0.2) is 22.7 Å². The van der Waals surface area contributed by atoms with Crippen molar-refractivity contribution in [1.82, 2.24) is 4.72 Å². The number of hydrogen-bond acceptors (Lipinski definition) is 2. The van der Waals surface area contributed by atoms with Gasteiger partial charge in [-0.25, -0.2) is 4.39 Å². The van der Waals surface area contributed by atoms with Gasteiger partial charge in [0, 0.05) is 21.4 Å². The molecule has 0 saturated heterocycles. The number of halogens is 2. The Morgan fingerprint density at radius 1 is 1.41 bits per heavy atom. The van der Waals surface area contributed by atoms with E-state index in [0.29, 0.717) is 5.56 Å². The topological polar surface area (TPSA) is 35.1 Å². The third kappa shape index (κ3) is 4.25. The first-order valence-corrected chi connectivity index (χ1v) is 7.29. The lowest BCUT2D eigenvalue weighted by Gasteiger charge is -2.26. The SMILES string of the molecule is CC(N[S@+]([O-])C(C)(C)C)c1cc(Br)ccc1F. The van der Waals surface area contributed by atoms with Crippen molar-refractivity contribution in [2.24, 2.45) is 0 Å². The number of benzene rings is 1. The Labute approximate surface area is 113 Å².